The number of rotatable bonds is 10. The molecular formula is C30H40O10. The monoisotopic (exact) mass is 560 g/mol. The van der Waals surface area contributed by atoms with Gasteiger partial charge in [0, 0.05) is 7.11 Å². The number of benzene rings is 2. The molecule has 0 bridgehead atoms. The van der Waals surface area contributed by atoms with Crippen LogP contribution in [0.5, 0.6) is 0 Å². The molecule has 2 aromatic carbocycles. The third-order valence-corrected chi connectivity index (χ3v) is 7.46. The fourth-order valence-electron chi connectivity index (χ4n) is 5.50. The van der Waals surface area contributed by atoms with Crippen LogP contribution in [-0.4, -0.2) is 91.1 Å². The molecule has 0 radical (unpaired) electrons. The van der Waals surface area contributed by atoms with Crippen molar-refractivity contribution in [2.24, 2.45) is 0 Å². The lowest BCUT2D eigenvalue weighted by molar-refractivity contribution is -0.354. The molecule has 2 N–H and O–H groups in total. The van der Waals surface area contributed by atoms with Gasteiger partial charge in [0.05, 0.1) is 25.9 Å². The van der Waals surface area contributed by atoms with Crippen LogP contribution in [0.25, 0.3) is 0 Å². The minimum absolute atomic E-state index is 0.229. The first-order chi connectivity index (χ1) is 19.3. The first-order valence-electron chi connectivity index (χ1n) is 13.7. The molecule has 40 heavy (non-hydrogen) atoms. The maximum atomic E-state index is 11.2. The molecular weight excluding hydrogens is 520 g/mol. The number of hydrogen-bond donors (Lipinski definition) is 2. The molecule has 3 aliphatic rings. The summed E-state index contributed by atoms with van der Waals surface area (Å²) < 4.78 is 49.3. The Hall–Kier alpha value is -1.96. The predicted octanol–water partition coefficient (Wildman–Crippen LogP) is 2.53. The highest BCUT2D eigenvalue weighted by atomic mass is 16.8. The van der Waals surface area contributed by atoms with Crippen LogP contribution in [-0.2, 0) is 51.1 Å². The zero-order chi connectivity index (χ0) is 28.3. The molecule has 3 fully saturated rings. The van der Waals surface area contributed by atoms with E-state index in [0.29, 0.717) is 0 Å². The molecule has 0 spiro atoms. The predicted molar refractivity (Wildman–Crippen MR) is 142 cm³/mol. The SMILES string of the molecule is CO[C@@H]1OC(C)[C@H](O[C@@H]2OC(CO)[C@@H](O)C(OCc3ccccc3)[C@H]2OCc2ccccc2)[C@@H]2OC(C)(C)OC12. The van der Waals surface area contributed by atoms with Crippen molar-refractivity contribution in [3.05, 3.63) is 71.8 Å². The first kappa shape index (κ1) is 29.5. The van der Waals surface area contributed by atoms with Crippen LogP contribution in [0.3, 0.4) is 0 Å². The highest BCUT2D eigenvalue weighted by molar-refractivity contribution is 5.14. The van der Waals surface area contributed by atoms with Crippen molar-refractivity contribution in [1.82, 2.24) is 0 Å². The zero-order valence-corrected chi connectivity index (χ0v) is 23.3. The summed E-state index contributed by atoms with van der Waals surface area (Å²) in [6.45, 7) is 5.55. The van der Waals surface area contributed by atoms with E-state index < -0.39 is 73.8 Å². The van der Waals surface area contributed by atoms with E-state index in [-0.39, 0.29) is 13.2 Å². The van der Waals surface area contributed by atoms with E-state index in [1.807, 2.05) is 81.4 Å². The normalized spacial score (nSPS) is 37.2. The Labute approximate surface area is 235 Å². The molecule has 3 saturated heterocycles. The smallest absolute Gasteiger partial charge is 0.187 e. The maximum absolute atomic E-state index is 11.2. The van der Waals surface area contributed by atoms with Crippen LogP contribution in [0.1, 0.15) is 31.9 Å². The summed E-state index contributed by atoms with van der Waals surface area (Å²) >= 11 is 0. The second-order valence-corrected chi connectivity index (χ2v) is 10.8. The number of hydrogen-bond acceptors (Lipinski definition) is 10. The molecule has 5 rings (SSSR count). The van der Waals surface area contributed by atoms with Crippen molar-refractivity contribution in [3.8, 4) is 0 Å². The van der Waals surface area contributed by atoms with Crippen molar-refractivity contribution >= 4 is 0 Å². The van der Waals surface area contributed by atoms with Crippen molar-refractivity contribution < 1.29 is 48.1 Å². The molecule has 0 saturated carbocycles. The summed E-state index contributed by atoms with van der Waals surface area (Å²) in [6.07, 6.45) is -7.61. The molecule has 4 unspecified atom stereocenters. The Morgan fingerprint density at radius 3 is 1.93 bits per heavy atom. The largest absolute Gasteiger partial charge is 0.394 e. The first-order valence-corrected chi connectivity index (χ1v) is 13.7. The van der Waals surface area contributed by atoms with Gasteiger partial charge in [0.15, 0.2) is 18.4 Å². The molecule has 10 heteroatoms. The molecule has 0 amide bonds. The third-order valence-electron chi connectivity index (χ3n) is 7.46. The number of ether oxygens (including phenoxy) is 8. The standard InChI is InChI=1S/C30H40O10/c1-18-23(25-27(28(33-4)36-18)40-30(2,3)39-25)38-29-26(35-17-20-13-9-6-10-14-20)24(22(32)21(15-31)37-29)34-16-19-11-7-5-8-12-19/h5-14,18,21-29,31-32H,15-17H2,1-4H3/t18?,21?,22-,23+,24?,25+,26-,27?,28-,29+/m1/s1. The van der Waals surface area contributed by atoms with Crippen molar-refractivity contribution in [3.63, 3.8) is 0 Å². The summed E-state index contributed by atoms with van der Waals surface area (Å²) in [5.41, 5.74) is 1.87. The van der Waals surface area contributed by atoms with Gasteiger partial charge in [0.2, 0.25) is 0 Å². The Morgan fingerprint density at radius 1 is 0.775 bits per heavy atom. The lowest BCUT2D eigenvalue weighted by Crippen LogP contribution is -2.64. The number of aliphatic hydroxyl groups is 2. The van der Waals surface area contributed by atoms with Gasteiger partial charge < -0.3 is 48.1 Å². The summed E-state index contributed by atoms with van der Waals surface area (Å²) in [5, 5.41) is 21.3. The average molecular weight is 561 g/mol. The molecule has 10 atom stereocenters. The van der Waals surface area contributed by atoms with E-state index in [2.05, 4.69) is 0 Å². The fraction of sp³-hybridized carbons (Fsp3) is 0.600. The van der Waals surface area contributed by atoms with Crippen molar-refractivity contribution in [2.45, 2.75) is 101 Å². The molecule has 2 aromatic rings. The number of aliphatic hydroxyl groups excluding tert-OH is 2. The van der Waals surface area contributed by atoms with Gasteiger partial charge in [-0.3, -0.25) is 0 Å². The third kappa shape index (κ3) is 6.57. The van der Waals surface area contributed by atoms with Gasteiger partial charge in [-0.1, -0.05) is 60.7 Å². The molecule has 0 aromatic heterocycles. The molecule has 0 aliphatic carbocycles. The van der Waals surface area contributed by atoms with E-state index in [4.69, 9.17) is 37.9 Å². The van der Waals surface area contributed by atoms with Crippen LogP contribution in [0.15, 0.2) is 60.7 Å². The maximum Gasteiger partial charge on any atom is 0.187 e. The minimum Gasteiger partial charge on any atom is -0.394 e. The molecule has 3 aliphatic heterocycles. The van der Waals surface area contributed by atoms with Crippen LogP contribution in [0, 0.1) is 0 Å². The van der Waals surface area contributed by atoms with E-state index in [9.17, 15) is 10.2 Å². The van der Waals surface area contributed by atoms with Crippen LogP contribution in [0.4, 0.5) is 0 Å². The van der Waals surface area contributed by atoms with E-state index in [1.54, 1.807) is 7.11 Å². The van der Waals surface area contributed by atoms with Crippen LogP contribution < -0.4 is 0 Å². The summed E-state index contributed by atoms with van der Waals surface area (Å²) in [7, 11) is 1.56. The summed E-state index contributed by atoms with van der Waals surface area (Å²) in [5.74, 6) is -0.872. The van der Waals surface area contributed by atoms with Gasteiger partial charge in [0.25, 0.3) is 0 Å². The summed E-state index contributed by atoms with van der Waals surface area (Å²) in [4.78, 5) is 0. The number of fused-ring (bicyclic) bond motifs is 1. The van der Waals surface area contributed by atoms with Crippen LogP contribution >= 0.6 is 0 Å². The van der Waals surface area contributed by atoms with Crippen molar-refractivity contribution in [2.75, 3.05) is 13.7 Å². The van der Waals surface area contributed by atoms with E-state index >= 15 is 0 Å². The zero-order valence-electron chi connectivity index (χ0n) is 23.3. The topological polar surface area (TPSA) is 114 Å². The average Bonchev–Trinajstić information content (AvgIpc) is 3.29. The highest BCUT2D eigenvalue weighted by Gasteiger charge is 2.57. The second-order valence-electron chi connectivity index (χ2n) is 10.8. The Kier molecular flexibility index (Phi) is 9.53. The van der Waals surface area contributed by atoms with Crippen molar-refractivity contribution in [1.29, 1.82) is 0 Å². The van der Waals surface area contributed by atoms with Gasteiger partial charge in [-0.15, -0.1) is 0 Å². The Morgan fingerprint density at radius 2 is 1.35 bits per heavy atom. The quantitative estimate of drug-likeness (QED) is 0.449. The van der Waals surface area contributed by atoms with Gasteiger partial charge in [-0.2, -0.15) is 0 Å². The fourth-order valence-corrected chi connectivity index (χ4v) is 5.50. The molecule has 220 valence electrons. The van der Waals surface area contributed by atoms with Crippen LogP contribution in [0.2, 0.25) is 0 Å². The van der Waals surface area contributed by atoms with Gasteiger partial charge in [0.1, 0.15) is 42.7 Å². The molecule has 10 nitrogen and oxygen atoms in total. The van der Waals surface area contributed by atoms with Gasteiger partial charge in [-0.05, 0) is 31.9 Å². The molecule has 3 heterocycles. The van der Waals surface area contributed by atoms with Gasteiger partial charge in [-0.25, -0.2) is 0 Å². The summed E-state index contributed by atoms with van der Waals surface area (Å²) in [6, 6.07) is 19.3. The Balaban J connectivity index is 1.41. The van der Waals surface area contributed by atoms with E-state index in [1.165, 1.54) is 0 Å². The van der Waals surface area contributed by atoms with E-state index in [0.717, 1.165) is 11.1 Å². The minimum atomic E-state index is -1.16. The number of methoxy groups -OCH3 is 1. The highest BCUT2D eigenvalue weighted by Crippen LogP contribution is 2.40. The van der Waals surface area contributed by atoms with Gasteiger partial charge >= 0.3 is 0 Å². The Bertz CT molecular complexity index is 1050. The second kappa shape index (κ2) is 12.9. The lowest BCUT2D eigenvalue weighted by Gasteiger charge is -2.47. The lowest BCUT2D eigenvalue weighted by atomic mass is 9.97.